The molecule has 1 aromatic rings. The monoisotopic (exact) mass is 401 g/mol. The average molecular weight is 402 g/mol. The molecule has 1 aromatic carbocycles. The van der Waals surface area contributed by atoms with Crippen LogP contribution in [0.3, 0.4) is 0 Å². The molecule has 0 aromatic heterocycles. The van der Waals surface area contributed by atoms with Crippen molar-refractivity contribution in [1.29, 1.82) is 0 Å². The number of ether oxygens (including phenoxy) is 1. The summed E-state index contributed by atoms with van der Waals surface area (Å²) in [6.45, 7) is 7.53. The van der Waals surface area contributed by atoms with E-state index in [2.05, 4.69) is 50.4 Å². The van der Waals surface area contributed by atoms with E-state index >= 15 is 0 Å². The van der Waals surface area contributed by atoms with Crippen LogP contribution < -0.4 is 5.32 Å². The van der Waals surface area contributed by atoms with E-state index in [9.17, 15) is 4.79 Å². The molecule has 160 valence electrons. The minimum Gasteiger partial charge on any atom is -0.379 e. The van der Waals surface area contributed by atoms with Crippen molar-refractivity contribution >= 4 is 11.9 Å². The summed E-state index contributed by atoms with van der Waals surface area (Å²) in [4.78, 5) is 23.0. The van der Waals surface area contributed by atoms with Gasteiger partial charge in [-0.25, -0.2) is 4.99 Å². The molecule has 7 heteroatoms. The second-order valence-electron chi connectivity index (χ2n) is 8.10. The average Bonchev–Trinajstić information content (AvgIpc) is 3.20. The minimum absolute atomic E-state index is 0.0255. The van der Waals surface area contributed by atoms with Gasteiger partial charge < -0.3 is 19.9 Å². The van der Waals surface area contributed by atoms with Crippen LogP contribution in [0, 0.1) is 5.92 Å². The van der Waals surface area contributed by atoms with Gasteiger partial charge in [0.15, 0.2) is 5.96 Å². The summed E-state index contributed by atoms with van der Waals surface area (Å²) >= 11 is 0. The van der Waals surface area contributed by atoms with Crippen molar-refractivity contribution in [1.82, 2.24) is 20.0 Å². The van der Waals surface area contributed by atoms with Gasteiger partial charge >= 0.3 is 0 Å². The number of aliphatic imine (C=N–C) groups is 1. The molecule has 1 amide bonds. The number of nitrogens with zero attached hydrogens (tertiary/aromatic N) is 4. The summed E-state index contributed by atoms with van der Waals surface area (Å²) in [7, 11) is 3.55. The molecule has 1 unspecified atom stereocenters. The molecule has 0 bridgehead atoms. The number of guanidine groups is 1. The summed E-state index contributed by atoms with van der Waals surface area (Å²) in [5, 5.41) is 3.51. The first-order chi connectivity index (χ1) is 14.1. The first-order valence-corrected chi connectivity index (χ1v) is 10.7. The third kappa shape index (κ3) is 7.01. The quantitative estimate of drug-likeness (QED) is 0.544. The number of likely N-dealkylation sites (tertiary alicyclic amines) is 1. The Kier molecular flexibility index (Phi) is 8.31. The number of nitrogens with one attached hydrogen (secondary N) is 1. The third-order valence-corrected chi connectivity index (χ3v) is 5.63. The van der Waals surface area contributed by atoms with Gasteiger partial charge in [-0.15, -0.1) is 0 Å². The molecule has 3 rings (SSSR count). The molecule has 7 nitrogen and oxygen atoms in total. The molecular formula is C22H35N5O2. The molecule has 2 fully saturated rings. The van der Waals surface area contributed by atoms with Gasteiger partial charge in [-0.05, 0) is 24.3 Å². The Morgan fingerprint density at radius 1 is 1.21 bits per heavy atom. The molecule has 2 saturated heterocycles. The lowest BCUT2D eigenvalue weighted by Gasteiger charge is -2.28. The Labute approximate surface area is 174 Å². The van der Waals surface area contributed by atoms with E-state index in [-0.39, 0.29) is 12.5 Å². The first kappa shape index (κ1) is 21.6. The number of morpholine rings is 1. The molecule has 0 aliphatic carbocycles. The van der Waals surface area contributed by atoms with Gasteiger partial charge in [-0.2, -0.15) is 0 Å². The second kappa shape index (κ2) is 11.2. The lowest BCUT2D eigenvalue weighted by Crippen LogP contribution is -2.46. The molecule has 0 saturated carbocycles. The molecule has 1 N–H and O–H groups in total. The van der Waals surface area contributed by atoms with Gasteiger partial charge in [-0.3, -0.25) is 9.69 Å². The van der Waals surface area contributed by atoms with Crippen LogP contribution in [0.4, 0.5) is 0 Å². The topological polar surface area (TPSA) is 60.4 Å². The number of hydrogen-bond donors (Lipinski definition) is 1. The van der Waals surface area contributed by atoms with Crippen molar-refractivity contribution in [3.05, 3.63) is 35.9 Å². The van der Waals surface area contributed by atoms with Crippen LogP contribution in [0.1, 0.15) is 12.0 Å². The lowest BCUT2D eigenvalue weighted by atomic mass is 9.99. The van der Waals surface area contributed by atoms with Gasteiger partial charge in [-0.1, -0.05) is 30.3 Å². The van der Waals surface area contributed by atoms with Crippen LogP contribution in [0.2, 0.25) is 0 Å². The maximum Gasteiger partial charge on any atom is 0.243 e. The SMILES string of the molecule is CN(C)C(=O)CN=C(NCCN1CCOCC1)N1CCC(Cc2ccccc2)C1. The summed E-state index contributed by atoms with van der Waals surface area (Å²) in [6.07, 6.45) is 2.25. The van der Waals surface area contributed by atoms with Crippen LogP contribution in [0.5, 0.6) is 0 Å². The molecule has 2 aliphatic heterocycles. The zero-order chi connectivity index (χ0) is 20.5. The zero-order valence-corrected chi connectivity index (χ0v) is 17.8. The van der Waals surface area contributed by atoms with E-state index in [4.69, 9.17) is 4.74 Å². The fourth-order valence-electron chi connectivity index (χ4n) is 3.84. The highest BCUT2D eigenvalue weighted by atomic mass is 16.5. The van der Waals surface area contributed by atoms with E-state index in [1.807, 2.05) is 0 Å². The molecule has 2 aliphatic rings. The van der Waals surface area contributed by atoms with E-state index in [0.29, 0.717) is 5.92 Å². The van der Waals surface area contributed by atoms with Crippen LogP contribution in [0.15, 0.2) is 35.3 Å². The van der Waals surface area contributed by atoms with E-state index in [1.165, 1.54) is 5.56 Å². The van der Waals surface area contributed by atoms with Gasteiger partial charge in [0.05, 0.1) is 13.2 Å². The number of likely N-dealkylation sites (N-methyl/N-ethyl adjacent to an activating group) is 1. The number of amides is 1. The third-order valence-electron chi connectivity index (χ3n) is 5.63. The highest BCUT2D eigenvalue weighted by molar-refractivity contribution is 5.85. The fraction of sp³-hybridized carbons (Fsp3) is 0.636. The zero-order valence-electron chi connectivity index (χ0n) is 17.8. The minimum atomic E-state index is 0.0255. The standard InChI is InChI=1S/C22H35N5O2/c1-25(2)21(28)17-24-22(23-9-11-26-12-14-29-15-13-26)27-10-8-20(18-27)16-19-6-4-3-5-7-19/h3-7,20H,8-18H2,1-2H3,(H,23,24). The number of carbonyl (C=O) groups is 1. The van der Waals surface area contributed by atoms with Crippen molar-refractivity contribution < 1.29 is 9.53 Å². The van der Waals surface area contributed by atoms with Crippen LogP contribution in [0.25, 0.3) is 0 Å². The maximum atomic E-state index is 12.0. The van der Waals surface area contributed by atoms with E-state index < -0.39 is 0 Å². The summed E-state index contributed by atoms with van der Waals surface area (Å²) < 4.78 is 5.42. The second-order valence-corrected chi connectivity index (χ2v) is 8.10. The smallest absolute Gasteiger partial charge is 0.243 e. The van der Waals surface area contributed by atoms with Gasteiger partial charge in [0.25, 0.3) is 0 Å². The van der Waals surface area contributed by atoms with Crippen LogP contribution >= 0.6 is 0 Å². The fourth-order valence-corrected chi connectivity index (χ4v) is 3.84. The Balaban J connectivity index is 1.55. The Hall–Kier alpha value is -2.12. The van der Waals surface area contributed by atoms with Gasteiger partial charge in [0.1, 0.15) is 6.54 Å². The van der Waals surface area contributed by atoms with E-state index in [0.717, 1.165) is 71.3 Å². The predicted octanol–water partition coefficient (Wildman–Crippen LogP) is 0.917. The maximum absolute atomic E-state index is 12.0. The Bertz CT molecular complexity index is 658. The first-order valence-electron chi connectivity index (χ1n) is 10.7. The molecule has 1 atom stereocenters. The summed E-state index contributed by atoms with van der Waals surface area (Å²) in [5.74, 6) is 1.51. The summed E-state index contributed by atoms with van der Waals surface area (Å²) in [6, 6.07) is 10.7. The highest BCUT2D eigenvalue weighted by Gasteiger charge is 2.25. The largest absolute Gasteiger partial charge is 0.379 e. The van der Waals surface area contributed by atoms with Crippen molar-refractivity contribution in [2.75, 3.05) is 73.1 Å². The number of carbonyl (C=O) groups excluding carboxylic acids is 1. The summed E-state index contributed by atoms with van der Waals surface area (Å²) in [5.41, 5.74) is 1.39. The number of hydrogen-bond acceptors (Lipinski definition) is 4. The molecule has 0 radical (unpaired) electrons. The number of rotatable bonds is 7. The van der Waals surface area contributed by atoms with Crippen molar-refractivity contribution in [2.24, 2.45) is 10.9 Å². The molecule has 0 spiro atoms. The van der Waals surface area contributed by atoms with Crippen LogP contribution in [-0.2, 0) is 16.0 Å². The Morgan fingerprint density at radius 3 is 2.69 bits per heavy atom. The van der Waals surface area contributed by atoms with Crippen molar-refractivity contribution in [3.63, 3.8) is 0 Å². The molecule has 2 heterocycles. The van der Waals surface area contributed by atoms with Gasteiger partial charge in [0.2, 0.25) is 5.91 Å². The Morgan fingerprint density at radius 2 is 1.97 bits per heavy atom. The highest BCUT2D eigenvalue weighted by Crippen LogP contribution is 2.21. The normalized spacial score (nSPS) is 20.7. The molecule has 29 heavy (non-hydrogen) atoms. The lowest BCUT2D eigenvalue weighted by molar-refractivity contribution is -0.127. The molecular weight excluding hydrogens is 366 g/mol. The van der Waals surface area contributed by atoms with Crippen molar-refractivity contribution in [3.8, 4) is 0 Å². The van der Waals surface area contributed by atoms with Crippen LogP contribution in [-0.4, -0.2) is 99.7 Å². The van der Waals surface area contributed by atoms with Gasteiger partial charge in [0, 0.05) is 53.4 Å². The van der Waals surface area contributed by atoms with E-state index in [1.54, 1.807) is 19.0 Å². The number of benzene rings is 1. The van der Waals surface area contributed by atoms with Crippen molar-refractivity contribution in [2.45, 2.75) is 12.8 Å². The predicted molar refractivity (Wildman–Crippen MR) is 116 cm³/mol.